The highest BCUT2D eigenvalue weighted by Gasteiger charge is 2.11. The Balaban J connectivity index is 1.56. The largest absolute Gasteiger partial charge is 0.326 e. The van der Waals surface area contributed by atoms with Crippen molar-refractivity contribution in [2.75, 3.05) is 11.1 Å². The summed E-state index contributed by atoms with van der Waals surface area (Å²) in [6.07, 6.45) is 2.04. The van der Waals surface area contributed by atoms with Gasteiger partial charge in [0.2, 0.25) is 5.91 Å². The van der Waals surface area contributed by atoms with Crippen LogP contribution in [0.1, 0.15) is 34.8 Å². The lowest BCUT2D eigenvalue weighted by atomic mass is 10.1. The average Bonchev–Trinajstić information content (AvgIpc) is 3.10. The molecule has 28 heavy (non-hydrogen) atoms. The molecule has 0 saturated heterocycles. The topological polar surface area (TPSA) is 76.9 Å². The summed E-state index contributed by atoms with van der Waals surface area (Å²) in [6, 6.07) is 13.1. The first-order chi connectivity index (χ1) is 13.4. The Bertz CT molecular complexity index is 996. The molecule has 0 bridgehead atoms. The number of Topliss-reactive ketones (excluding diaryl/α,β-unsaturated/α-hetero) is 1. The van der Waals surface area contributed by atoms with Crippen molar-refractivity contribution in [3.63, 3.8) is 0 Å². The average molecular weight is 395 g/mol. The number of carbonyl (C=O) groups is 2. The smallest absolute Gasteiger partial charge is 0.225 e. The lowest BCUT2D eigenvalue weighted by molar-refractivity contribution is -0.115. The highest BCUT2D eigenvalue weighted by atomic mass is 32.2. The van der Waals surface area contributed by atoms with E-state index in [1.165, 1.54) is 24.2 Å². The Morgan fingerprint density at radius 2 is 1.86 bits per heavy atom. The van der Waals surface area contributed by atoms with Gasteiger partial charge in [0, 0.05) is 23.4 Å². The number of nitrogens with zero attached hydrogens (tertiary/aromatic N) is 3. The van der Waals surface area contributed by atoms with Crippen LogP contribution in [0.25, 0.3) is 5.69 Å². The normalized spacial score (nSPS) is 10.7. The number of benzene rings is 2. The molecule has 0 aliphatic rings. The Hall–Kier alpha value is -2.93. The molecule has 0 spiro atoms. The molecule has 3 rings (SSSR count). The van der Waals surface area contributed by atoms with E-state index in [1.54, 1.807) is 30.6 Å². The molecule has 3 aromatic rings. The third kappa shape index (κ3) is 4.86. The predicted octanol–water partition coefficient (Wildman–Crippen LogP) is 4.21. The second kappa shape index (κ2) is 8.84. The standard InChI is InChI=1S/C21H22N4O2S/c1-14-4-9-19(15(2)12-14)25-13-22-24-21(25)28-11-10-20(27)23-18-7-5-17(6-8-18)16(3)26/h4-9,12-13H,10-11H2,1-3H3,(H,23,27). The Morgan fingerprint density at radius 3 is 2.54 bits per heavy atom. The van der Waals surface area contributed by atoms with Gasteiger partial charge in [-0.3, -0.25) is 14.2 Å². The second-order valence-electron chi connectivity index (χ2n) is 6.55. The number of aryl methyl sites for hydroxylation is 2. The van der Waals surface area contributed by atoms with Gasteiger partial charge in [0.15, 0.2) is 10.9 Å². The van der Waals surface area contributed by atoms with E-state index in [0.717, 1.165) is 16.4 Å². The molecule has 0 aliphatic carbocycles. The summed E-state index contributed by atoms with van der Waals surface area (Å²) in [5.41, 5.74) is 4.69. The van der Waals surface area contributed by atoms with Crippen molar-refractivity contribution in [3.05, 3.63) is 65.5 Å². The van der Waals surface area contributed by atoms with Gasteiger partial charge in [0.25, 0.3) is 0 Å². The van der Waals surface area contributed by atoms with Crippen LogP contribution in [0, 0.1) is 13.8 Å². The Labute approximate surface area is 168 Å². The molecule has 1 aromatic heterocycles. The number of aromatic nitrogens is 3. The van der Waals surface area contributed by atoms with E-state index in [9.17, 15) is 9.59 Å². The molecule has 0 atom stereocenters. The molecular weight excluding hydrogens is 372 g/mol. The van der Waals surface area contributed by atoms with Crippen molar-refractivity contribution in [1.29, 1.82) is 0 Å². The summed E-state index contributed by atoms with van der Waals surface area (Å²) in [7, 11) is 0. The van der Waals surface area contributed by atoms with Crippen molar-refractivity contribution in [2.45, 2.75) is 32.3 Å². The predicted molar refractivity (Wildman–Crippen MR) is 111 cm³/mol. The monoisotopic (exact) mass is 394 g/mol. The van der Waals surface area contributed by atoms with Crippen LogP contribution >= 0.6 is 11.8 Å². The SMILES string of the molecule is CC(=O)c1ccc(NC(=O)CCSc2nncn2-c2ccc(C)cc2C)cc1. The van der Waals surface area contributed by atoms with Crippen LogP contribution in [-0.2, 0) is 4.79 Å². The van der Waals surface area contributed by atoms with Crippen LogP contribution in [0.2, 0.25) is 0 Å². The van der Waals surface area contributed by atoms with Crippen molar-refractivity contribution >= 4 is 29.1 Å². The van der Waals surface area contributed by atoms with Crippen molar-refractivity contribution in [3.8, 4) is 5.69 Å². The van der Waals surface area contributed by atoms with Crippen LogP contribution in [0.15, 0.2) is 53.9 Å². The van der Waals surface area contributed by atoms with Crippen molar-refractivity contribution in [2.24, 2.45) is 0 Å². The number of rotatable bonds is 7. The molecular formula is C21H22N4O2S. The van der Waals surface area contributed by atoms with Gasteiger partial charge in [0.1, 0.15) is 6.33 Å². The molecule has 1 heterocycles. The van der Waals surface area contributed by atoms with Gasteiger partial charge in [-0.2, -0.15) is 0 Å². The molecule has 0 fully saturated rings. The summed E-state index contributed by atoms with van der Waals surface area (Å²) in [5, 5.41) is 11.8. The van der Waals surface area contributed by atoms with Crippen molar-refractivity contribution in [1.82, 2.24) is 14.8 Å². The van der Waals surface area contributed by atoms with Crippen LogP contribution in [0.3, 0.4) is 0 Å². The van der Waals surface area contributed by atoms with E-state index in [0.29, 0.717) is 23.4 Å². The fraction of sp³-hybridized carbons (Fsp3) is 0.238. The molecule has 6 nitrogen and oxygen atoms in total. The summed E-state index contributed by atoms with van der Waals surface area (Å²) in [6.45, 7) is 5.63. The fourth-order valence-electron chi connectivity index (χ4n) is 2.81. The minimum Gasteiger partial charge on any atom is -0.326 e. The Morgan fingerprint density at radius 1 is 1.11 bits per heavy atom. The maximum absolute atomic E-state index is 12.2. The maximum atomic E-state index is 12.2. The van der Waals surface area contributed by atoms with E-state index in [-0.39, 0.29) is 11.7 Å². The fourth-order valence-corrected chi connectivity index (χ4v) is 3.67. The lowest BCUT2D eigenvalue weighted by Crippen LogP contribution is -2.12. The summed E-state index contributed by atoms with van der Waals surface area (Å²) in [5.74, 6) is 0.504. The zero-order valence-electron chi connectivity index (χ0n) is 16.1. The maximum Gasteiger partial charge on any atom is 0.225 e. The van der Waals surface area contributed by atoms with E-state index >= 15 is 0 Å². The number of amides is 1. The molecule has 0 unspecified atom stereocenters. The summed E-state index contributed by atoms with van der Waals surface area (Å²) >= 11 is 1.49. The number of hydrogen-bond donors (Lipinski definition) is 1. The third-order valence-corrected chi connectivity index (χ3v) is 5.21. The molecule has 0 aliphatic heterocycles. The first-order valence-corrected chi connectivity index (χ1v) is 9.94. The molecule has 7 heteroatoms. The van der Waals surface area contributed by atoms with Crippen LogP contribution in [0.5, 0.6) is 0 Å². The van der Waals surface area contributed by atoms with Gasteiger partial charge in [-0.1, -0.05) is 29.5 Å². The number of anilines is 1. The second-order valence-corrected chi connectivity index (χ2v) is 7.62. The van der Waals surface area contributed by atoms with Gasteiger partial charge in [-0.25, -0.2) is 0 Å². The lowest BCUT2D eigenvalue weighted by Gasteiger charge is -2.10. The van der Waals surface area contributed by atoms with Gasteiger partial charge in [-0.05, 0) is 56.7 Å². The summed E-state index contributed by atoms with van der Waals surface area (Å²) < 4.78 is 1.94. The molecule has 1 N–H and O–H groups in total. The molecule has 2 aromatic carbocycles. The van der Waals surface area contributed by atoms with Crippen LogP contribution in [-0.4, -0.2) is 32.2 Å². The van der Waals surface area contributed by atoms with Gasteiger partial charge < -0.3 is 5.32 Å². The van der Waals surface area contributed by atoms with Gasteiger partial charge in [-0.15, -0.1) is 10.2 Å². The van der Waals surface area contributed by atoms with Crippen LogP contribution < -0.4 is 5.32 Å². The highest BCUT2D eigenvalue weighted by molar-refractivity contribution is 7.99. The Kier molecular flexibility index (Phi) is 6.26. The number of hydrogen-bond acceptors (Lipinski definition) is 5. The molecule has 0 saturated carbocycles. The van der Waals surface area contributed by atoms with Gasteiger partial charge in [0.05, 0.1) is 5.69 Å². The molecule has 0 radical (unpaired) electrons. The first-order valence-electron chi connectivity index (χ1n) is 8.95. The molecule has 144 valence electrons. The minimum absolute atomic E-state index is 0.00204. The quantitative estimate of drug-likeness (QED) is 0.480. The number of carbonyl (C=O) groups excluding carboxylic acids is 2. The summed E-state index contributed by atoms with van der Waals surface area (Å²) in [4.78, 5) is 23.5. The number of ketones is 1. The van der Waals surface area contributed by atoms with E-state index in [4.69, 9.17) is 0 Å². The van der Waals surface area contributed by atoms with Crippen LogP contribution in [0.4, 0.5) is 5.69 Å². The van der Waals surface area contributed by atoms with E-state index in [1.807, 2.05) is 4.57 Å². The van der Waals surface area contributed by atoms with E-state index in [2.05, 4.69) is 47.6 Å². The molecule has 1 amide bonds. The first kappa shape index (κ1) is 19.8. The zero-order chi connectivity index (χ0) is 20.1. The van der Waals surface area contributed by atoms with E-state index < -0.39 is 0 Å². The minimum atomic E-state index is -0.0827. The van der Waals surface area contributed by atoms with Gasteiger partial charge >= 0.3 is 0 Å². The third-order valence-electron chi connectivity index (χ3n) is 4.26. The number of nitrogens with one attached hydrogen (secondary N) is 1. The zero-order valence-corrected chi connectivity index (χ0v) is 16.9. The number of thioether (sulfide) groups is 1. The highest BCUT2D eigenvalue weighted by Crippen LogP contribution is 2.23. The van der Waals surface area contributed by atoms with Crippen molar-refractivity contribution < 1.29 is 9.59 Å².